The number of hydrogen-bond donors (Lipinski definition) is 4. The number of carbonyl (C=O) groups excluding carboxylic acids is 6. The van der Waals surface area contributed by atoms with Gasteiger partial charge in [-0.05, 0) is 53.6 Å². The molecule has 60 heavy (non-hydrogen) atoms. The molecule has 6 aromatic rings. The number of aromatic nitrogens is 2. The topological polar surface area (TPSA) is 228 Å². The van der Waals surface area contributed by atoms with Crippen LogP contribution in [0.4, 0.5) is 18.4 Å². The van der Waals surface area contributed by atoms with E-state index in [4.69, 9.17) is 18.3 Å². The van der Waals surface area contributed by atoms with Crippen LogP contribution in [0.2, 0.25) is 0 Å². The number of methoxy groups -OCH3 is 2. The smallest absolute Gasteiger partial charge is 0.322 e. The van der Waals surface area contributed by atoms with Gasteiger partial charge in [0.15, 0.2) is 34.2 Å². The van der Waals surface area contributed by atoms with Crippen LogP contribution in [-0.4, -0.2) is 82.8 Å². The summed E-state index contributed by atoms with van der Waals surface area (Å²) in [5, 5.41) is 10.8. The molecule has 0 saturated carbocycles. The summed E-state index contributed by atoms with van der Waals surface area (Å²) in [5.74, 6) is -3.44. The maximum atomic E-state index is 14.7. The van der Waals surface area contributed by atoms with Crippen molar-refractivity contribution in [1.29, 1.82) is 0 Å². The van der Waals surface area contributed by atoms with E-state index in [0.717, 1.165) is 0 Å². The number of imide groups is 2. The number of nitrogens with one attached hydrogen (secondary N) is 4. The predicted molar refractivity (Wildman–Crippen MR) is 200 cm³/mol. The van der Waals surface area contributed by atoms with Gasteiger partial charge < -0.3 is 38.7 Å². The fourth-order valence-corrected chi connectivity index (χ4v) is 7.81. The molecule has 0 unspecified atom stereocenters. The quantitative estimate of drug-likeness (QED) is 0.162. The van der Waals surface area contributed by atoms with E-state index in [1.54, 1.807) is 42.7 Å². The van der Waals surface area contributed by atoms with Crippen LogP contribution in [0.3, 0.4) is 0 Å². The predicted octanol–water partition coefficient (Wildman–Crippen LogP) is 3.33. The van der Waals surface area contributed by atoms with Crippen LogP contribution in [0, 0.1) is 11.6 Å². The average molecular weight is 821 g/mol. The molecular formula is C40H30F2N8O10. The van der Waals surface area contributed by atoms with Crippen molar-refractivity contribution >= 4 is 57.6 Å². The number of rotatable bonds is 8. The van der Waals surface area contributed by atoms with Crippen molar-refractivity contribution in [3.05, 3.63) is 119 Å². The average Bonchev–Trinajstić information content (AvgIpc) is 4.07. The molecule has 0 spiro atoms. The lowest BCUT2D eigenvalue weighted by Crippen LogP contribution is -2.52. The van der Waals surface area contributed by atoms with E-state index >= 15 is 0 Å². The van der Waals surface area contributed by atoms with Crippen LogP contribution < -0.4 is 30.7 Å². The second-order valence-corrected chi connectivity index (χ2v) is 14.3. The number of urea groups is 2. The molecule has 18 nitrogen and oxygen atoms in total. The highest BCUT2D eigenvalue weighted by molar-refractivity contribution is 6.09. The van der Waals surface area contributed by atoms with Crippen LogP contribution in [-0.2, 0) is 33.8 Å². The Balaban J connectivity index is 0.000000154. The first kappa shape index (κ1) is 37.7. The molecule has 4 N–H and O–H groups in total. The molecular weight excluding hydrogens is 790 g/mol. The second-order valence-electron chi connectivity index (χ2n) is 14.3. The fourth-order valence-electron chi connectivity index (χ4n) is 7.81. The van der Waals surface area contributed by atoms with E-state index in [-0.39, 0.29) is 60.3 Å². The first-order valence-electron chi connectivity index (χ1n) is 18.1. The largest absolute Gasteiger partial charge is 0.494 e. The molecule has 0 aliphatic carbocycles. The van der Waals surface area contributed by atoms with Gasteiger partial charge in [0.25, 0.3) is 23.6 Å². The van der Waals surface area contributed by atoms with Gasteiger partial charge in [0.2, 0.25) is 0 Å². The van der Waals surface area contributed by atoms with E-state index in [0.29, 0.717) is 33.1 Å². The maximum absolute atomic E-state index is 14.7. The minimum atomic E-state index is -1.66. The molecule has 20 heteroatoms. The number of carbonyl (C=O) groups is 6. The number of fused-ring (bicyclic) bond motifs is 4. The Hall–Kier alpha value is -7.90. The van der Waals surface area contributed by atoms with E-state index in [2.05, 4.69) is 31.2 Å². The van der Waals surface area contributed by atoms with Crippen LogP contribution >= 0.6 is 0 Å². The summed E-state index contributed by atoms with van der Waals surface area (Å²) in [4.78, 5) is 86.2. The van der Waals surface area contributed by atoms with Crippen molar-refractivity contribution in [1.82, 2.24) is 41.0 Å². The number of halogens is 2. The molecule has 4 aliphatic heterocycles. The summed E-state index contributed by atoms with van der Waals surface area (Å²) < 4.78 is 50.3. The highest BCUT2D eigenvalue weighted by Crippen LogP contribution is 2.38. The lowest BCUT2D eigenvalue weighted by atomic mass is 9.95. The van der Waals surface area contributed by atoms with Gasteiger partial charge in [-0.2, -0.15) is 0 Å². The third-order valence-electron chi connectivity index (χ3n) is 10.7. The van der Waals surface area contributed by atoms with Crippen LogP contribution in [0.25, 0.3) is 21.9 Å². The Morgan fingerprint density at radius 3 is 1.72 bits per heavy atom. The Kier molecular flexibility index (Phi) is 8.72. The SMILES string of the molecule is COc1cc2c(cc1F)CN(C[C@@]1(c3cc4cnccc4o3)NC(=O)NC1=O)C2=O.COc1ccc2c(c1F)C(=O)N(C[C@@]1(c3cc4cnccc4o3)NC(=O)NC1=O)C2. The highest BCUT2D eigenvalue weighted by Gasteiger charge is 2.54. The molecule has 2 saturated heterocycles. The molecule has 8 heterocycles. The lowest BCUT2D eigenvalue weighted by Gasteiger charge is -2.29. The standard InChI is InChI=1S/2C20H15FN4O5/c1-29-15-6-12-11(4-13(15)21)8-25(17(12)26)9-20(18(27)23-19(28)24-20)16-5-10-7-22-3-2-14(10)30-16;1-29-13-3-2-10-8-25(17(26)15(10)16(13)21)9-20(18(27)23-19(28)24-20)14-6-11-7-22-5-4-12(11)30-14/h2*2-7H,8-9H2,1H3,(H2,23,24,27,28)/t2*20-/m00/s1. The van der Waals surface area contributed by atoms with Gasteiger partial charge in [-0.15, -0.1) is 0 Å². The number of pyridine rings is 2. The number of benzene rings is 2. The normalized spacial score (nSPS) is 20.5. The van der Waals surface area contributed by atoms with Crippen molar-refractivity contribution < 1.29 is 55.9 Å². The summed E-state index contributed by atoms with van der Waals surface area (Å²) in [6, 6.07) is 10.6. The molecule has 10 rings (SSSR count). The van der Waals surface area contributed by atoms with Gasteiger partial charge in [-0.3, -0.25) is 39.8 Å². The van der Waals surface area contributed by atoms with Gasteiger partial charge in [0.1, 0.15) is 22.7 Å². The summed E-state index contributed by atoms with van der Waals surface area (Å²) >= 11 is 0. The molecule has 2 atom stereocenters. The van der Waals surface area contributed by atoms with Crippen LogP contribution in [0.5, 0.6) is 11.5 Å². The van der Waals surface area contributed by atoms with Crippen molar-refractivity contribution in [3.63, 3.8) is 0 Å². The Morgan fingerprint density at radius 2 is 1.22 bits per heavy atom. The molecule has 8 amide bonds. The molecule has 4 aliphatic rings. The zero-order valence-corrected chi connectivity index (χ0v) is 31.4. The highest BCUT2D eigenvalue weighted by atomic mass is 19.1. The van der Waals surface area contributed by atoms with Crippen molar-refractivity contribution in [2.45, 2.75) is 24.2 Å². The summed E-state index contributed by atoms with van der Waals surface area (Å²) in [7, 11) is 2.62. The van der Waals surface area contributed by atoms with Gasteiger partial charge in [-0.1, -0.05) is 6.07 Å². The number of ether oxygens (including phenoxy) is 2. The van der Waals surface area contributed by atoms with Gasteiger partial charge >= 0.3 is 12.1 Å². The van der Waals surface area contributed by atoms with Crippen molar-refractivity contribution in [2.75, 3.05) is 27.3 Å². The Bertz CT molecular complexity index is 2790. The first-order valence-corrected chi connectivity index (χ1v) is 18.1. The number of hydrogen-bond acceptors (Lipinski definition) is 12. The van der Waals surface area contributed by atoms with E-state index < -0.39 is 58.4 Å². The first-order chi connectivity index (χ1) is 28.8. The summed E-state index contributed by atoms with van der Waals surface area (Å²) in [6.07, 6.45) is 6.20. The third-order valence-corrected chi connectivity index (χ3v) is 10.7. The Morgan fingerprint density at radius 1 is 0.683 bits per heavy atom. The number of amides is 8. The lowest BCUT2D eigenvalue weighted by molar-refractivity contribution is -0.126. The molecule has 2 fully saturated rings. The molecule has 304 valence electrons. The number of furan rings is 2. The third kappa shape index (κ3) is 5.90. The maximum Gasteiger partial charge on any atom is 0.322 e. The van der Waals surface area contributed by atoms with Gasteiger partial charge in [0, 0.05) is 54.2 Å². The number of nitrogens with zero attached hydrogens (tertiary/aromatic N) is 4. The van der Waals surface area contributed by atoms with E-state index in [1.807, 2.05) is 0 Å². The van der Waals surface area contributed by atoms with Gasteiger partial charge in [-0.25, -0.2) is 18.4 Å². The van der Waals surface area contributed by atoms with Crippen molar-refractivity contribution in [3.8, 4) is 11.5 Å². The summed E-state index contributed by atoms with van der Waals surface area (Å²) in [6.45, 7) is -0.300. The second kappa shape index (κ2) is 13.9. The fraction of sp³-hybridized carbons (Fsp3) is 0.200. The van der Waals surface area contributed by atoms with Crippen molar-refractivity contribution in [2.24, 2.45) is 0 Å². The van der Waals surface area contributed by atoms with E-state index in [1.165, 1.54) is 54.6 Å². The zero-order chi connectivity index (χ0) is 42.1. The Labute approximate surface area is 335 Å². The summed E-state index contributed by atoms with van der Waals surface area (Å²) in [5.41, 5.74) is -1.23. The molecule has 0 radical (unpaired) electrons. The molecule has 0 bridgehead atoms. The monoisotopic (exact) mass is 820 g/mol. The van der Waals surface area contributed by atoms with Crippen LogP contribution in [0.15, 0.2) is 82.2 Å². The minimum absolute atomic E-state index is 0.0460. The minimum Gasteiger partial charge on any atom is -0.494 e. The van der Waals surface area contributed by atoms with Gasteiger partial charge in [0.05, 0.1) is 32.9 Å². The molecule has 2 aromatic carbocycles. The molecule has 4 aromatic heterocycles. The zero-order valence-electron chi connectivity index (χ0n) is 31.4. The van der Waals surface area contributed by atoms with Crippen LogP contribution in [0.1, 0.15) is 43.4 Å². The van der Waals surface area contributed by atoms with E-state index in [9.17, 15) is 37.5 Å².